The summed E-state index contributed by atoms with van der Waals surface area (Å²) in [6.45, 7) is 2.31. The number of halogens is 1. The third-order valence-electron chi connectivity index (χ3n) is 2.05. The van der Waals surface area contributed by atoms with Gasteiger partial charge in [-0.25, -0.2) is 0 Å². The highest BCUT2D eigenvalue weighted by Gasteiger charge is 2.09. The standard InChI is InChI=1S/C10H14BrNO3/c1-7-4-8(11)10(13)12(5-7)6-9(14-2)15-3/h4-5,9H,6H2,1-3H3. The molecule has 1 aromatic heterocycles. The van der Waals surface area contributed by atoms with E-state index in [0.717, 1.165) is 5.56 Å². The average Bonchev–Trinajstić information content (AvgIpc) is 2.21. The highest BCUT2D eigenvalue weighted by Crippen LogP contribution is 2.06. The van der Waals surface area contributed by atoms with Crippen molar-refractivity contribution in [1.29, 1.82) is 0 Å². The van der Waals surface area contributed by atoms with Crippen LogP contribution in [0.15, 0.2) is 21.5 Å². The lowest BCUT2D eigenvalue weighted by molar-refractivity contribution is -0.111. The SMILES string of the molecule is COC(Cn1cc(C)cc(Br)c1=O)OC. The normalized spacial score (nSPS) is 11.0. The minimum Gasteiger partial charge on any atom is -0.354 e. The minimum absolute atomic E-state index is 0.0836. The van der Waals surface area contributed by atoms with Gasteiger partial charge in [0.05, 0.1) is 11.0 Å². The van der Waals surface area contributed by atoms with Crippen molar-refractivity contribution in [3.63, 3.8) is 0 Å². The summed E-state index contributed by atoms with van der Waals surface area (Å²) in [6.07, 6.45) is 1.37. The molecule has 4 nitrogen and oxygen atoms in total. The van der Waals surface area contributed by atoms with Gasteiger partial charge in [-0.1, -0.05) is 0 Å². The van der Waals surface area contributed by atoms with Crippen molar-refractivity contribution < 1.29 is 9.47 Å². The number of methoxy groups -OCH3 is 2. The minimum atomic E-state index is -0.406. The lowest BCUT2D eigenvalue weighted by Gasteiger charge is -2.15. The second-order valence-corrected chi connectivity index (χ2v) is 4.08. The lowest BCUT2D eigenvalue weighted by atomic mass is 10.3. The first kappa shape index (κ1) is 12.4. The van der Waals surface area contributed by atoms with Gasteiger partial charge >= 0.3 is 0 Å². The van der Waals surface area contributed by atoms with Crippen LogP contribution in [0, 0.1) is 6.92 Å². The molecule has 0 amide bonds. The van der Waals surface area contributed by atoms with E-state index in [0.29, 0.717) is 11.0 Å². The Morgan fingerprint density at radius 3 is 2.60 bits per heavy atom. The van der Waals surface area contributed by atoms with E-state index in [2.05, 4.69) is 15.9 Å². The van der Waals surface area contributed by atoms with Crippen LogP contribution in [0.2, 0.25) is 0 Å². The second kappa shape index (κ2) is 5.44. The molecular formula is C10H14BrNO3. The third kappa shape index (κ3) is 3.15. The smallest absolute Gasteiger partial charge is 0.265 e. The summed E-state index contributed by atoms with van der Waals surface area (Å²) in [5, 5.41) is 0. The highest BCUT2D eigenvalue weighted by molar-refractivity contribution is 9.10. The van der Waals surface area contributed by atoms with Crippen LogP contribution in [0.1, 0.15) is 5.56 Å². The van der Waals surface area contributed by atoms with Crippen LogP contribution < -0.4 is 5.56 Å². The number of hydrogen-bond acceptors (Lipinski definition) is 3. The number of ether oxygens (including phenoxy) is 2. The Morgan fingerprint density at radius 1 is 1.47 bits per heavy atom. The number of aromatic nitrogens is 1. The molecule has 0 aliphatic heterocycles. The van der Waals surface area contributed by atoms with Gasteiger partial charge in [0, 0.05) is 20.4 Å². The van der Waals surface area contributed by atoms with E-state index in [1.54, 1.807) is 31.0 Å². The summed E-state index contributed by atoms with van der Waals surface area (Å²) in [7, 11) is 3.09. The fourth-order valence-corrected chi connectivity index (χ4v) is 1.87. The third-order valence-corrected chi connectivity index (χ3v) is 2.62. The molecular weight excluding hydrogens is 262 g/mol. The first-order valence-corrected chi connectivity index (χ1v) is 5.30. The predicted molar refractivity (Wildman–Crippen MR) is 60.9 cm³/mol. The highest BCUT2D eigenvalue weighted by atomic mass is 79.9. The summed E-state index contributed by atoms with van der Waals surface area (Å²) in [6, 6.07) is 1.79. The van der Waals surface area contributed by atoms with Crippen LogP contribution in [0.25, 0.3) is 0 Å². The van der Waals surface area contributed by atoms with Crippen LogP contribution in [-0.4, -0.2) is 25.1 Å². The Balaban J connectivity index is 2.99. The molecule has 0 atom stereocenters. The maximum Gasteiger partial charge on any atom is 0.265 e. The Labute approximate surface area is 96.9 Å². The van der Waals surface area contributed by atoms with E-state index in [4.69, 9.17) is 9.47 Å². The molecule has 0 unspecified atom stereocenters. The van der Waals surface area contributed by atoms with Crippen LogP contribution in [-0.2, 0) is 16.0 Å². The van der Waals surface area contributed by atoms with E-state index < -0.39 is 6.29 Å². The molecule has 5 heteroatoms. The molecule has 0 saturated heterocycles. The van der Waals surface area contributed by atoms with Crippen LogP contribution in [0.4, 0.5) is 0 Å². The Morgan fingerprint density at radius 2 is 2.07 bits per heavy atom. The van der Waals surface area contributed by atoms with Gasteiger partial charge in [0.2, 0.25) is 0 Å². The molecule has 0 radical (unpaired) electrons. The molecule has 0 saturated carbocycles. The monoisotopic (exact) mass is 275 g/mol. The number of aryl methyl sites for hydroxylation is 1. The van der Waals surface area contributed by atoms with E-state index in [-0.39, 0.29) is 5.56 Å². The Kier molecular flexibility index (Phi) is 4.50. The van der Waals surface area contributed by atoms with Gasteiger partial charge in [-0.2, -0.15) is 0 Å². The summed E-state index contributed by atoms with van der Waals surface area (Å²) in [4.78, 5) is 11.7. The molecule has 0 N–H and O–H groups in total. The van der Waals surface area contributed by atoms with Gasteiger partial charge in [-0.3, -0.25) is 4.79 Å². The predicted octanol–water partition coefficient (Wildman–Crippen LogP) is 1.54. The summed E-state index contributed by atoms with van der Waals surface area (Å²) in [5.74, 6) is 0. The molecule has 0 spiro atoms. The molecule has 0 aliphatic carbocycles. The summed E-state index contributed by atoms with van der Waals surface area (Å²) in [5.41, 5.74) is 0.923. The van der Waals surface area contributed by atoms with Gasteiger partial charge in [0.15, 0.2) is 6.29 Å². The van der Waals surface area contributed by atoms with Crippen LogP contribution >= 0.6 is 15.9 Å². The van der Waals surface area contributed by atoms with Crippen molar-refractivity contribution in [2.45, 2.75) is 19.8 Å². The van der Waals surface area contributed by atoms with Crippen molar-refractivity contribution in [1.82, 2.24) is 4.57 Å². The second-order valence-electron chi connectivity index (χ2n) is 3.22. The maximum atomic E-state index is 11.7. The zero-order valence-corrected chi connectivity index (χ0v) is 10.6. The van der Waals surface area contributed by atoms with Crippen molar-refractivity contribution in [2.24, 2.45) is 0 Å². The van der Waals surface area contributed by atoms with Crippen molar-refractivity contribution in [2.75, 3.05) is 14.2 Å². The maximum absolute atomic E-state index is 11.7. The van der Waals surface area contributed by atoms with E-state index >= 15 is 0 Å². The van der Waals surface area contributed by atoms with Crippen molar-refractivity contribution >= 4 is 15.9 Å². The topological polar surface area (TPSA) is 40.5 Å². The summed E-state index contributed by atoms with van der Waals surface area (Å²) >= 11 is 3.22. The zero-order valence-electron chi connectivity index (χ0n) is 8.99. The van der Waals surface area contributed by atoms with Crippen LogP contribution in [0.3, 0.4) is 0 Å². The number of hydrogen-bond donors (Lipinski definition) is 0. The van der Waals surface area contributed by atoms with Crippen molar-refractivity contribution in [3.05, 3.63) is 32.7 Å². The molecule has 84 valence electrons. The lowest BCUT2D eigenvalue weighted by Crippen LogP contribution is -2.29. The molecule has 1 aromatic rings. The molecule has 0 bridgehead atoms. The fraction of sp³-hybridized carbons (Fsp3) is 0.500. The summed E-state index contributed by atoms with van der Waals surface area (Å²) < 4.78 is 12.2. The van der Waals surface area contributed by atoms with E-state index in [1.807, 2.05) is 6.92 Å². The Bertz CT molecular complexity index is 385. The molecule has 0 aromatic carbocycles. The zero-order chi connectivity index (χ0) is 11.4. The van der Waals surface area contributed by atoms with Gasteiger partial charge < -0.3 is 14.0 Å². The largest absolute Gasteiger partial charge is 0.354 e. The van der Waals surface area contributed by atoms with Gasteiger partial charge in [-0.05, 0) is 34.5 Å². The van der Waals surface area contributed by atoms with E-state index in [9.17, 15) is 4.79 Å². The number of pyridine rings is 1. The van der Waals surface area contributed by atoms with Crippen molar-refractivity contribution in [3.8, 4) is 0 Å². The van der Waals surface area contributed by atoms with E-state index in [1.165, 1.54) is 0 Å². The Hall–Kier alpha value is -0.650. The first-order chi connectivity index (χ1) is 7.08. The number of rotatable bonds is 4. The molecule has 1 heterocycles. The quantitative estimate of drug-likeness (QED) is 0.783. The first-order valence-electron chi connectivity index (χ1n) is 4.50. The molecule has 0 fully saturated rings. The van der Waals surface area contributed by atoms with Gasteiger partial charge in [0.25, 0.3) is 5.56 Å². The molecule has 15 heavy (non-hydrogen) atoms. The fourth-order valence-electron chi connectivity index (χ4n) is 1.28. The molecule has 0 aliphatic rings. The van der Waals surface area contributed by atoms with Gasteiger partial charge in [0.1, 0.15) is 0 Å². The van der Waals surface area contributed by atoms with Crippen LogP contribution in [0.5, 0.6) is 0 Å². The molecule has 1 rings (SSSR count). The number of nitrogens with zero attached hydrogens (tertiary/aromatic N) is 1. The van der Waals surface area contributed by atoms with Gasteiger partial charge in [-0.15, -0.1) is 0 Å². The average molecular weight is 276 g/mol.